The first-order valence-corrected chi connectivity index (χ1v) is 8.51. The Morgan fingerprint density at radius 1 is 0.889 bits per heavy atom. The van der Waals surface area contributed by atoms with Gasteiger partial charge in [-0.2, -0.15) is 0 Å². The van der Waals surface area contributed by atoms with Crippen molar-refractivity contribution in [2.75, 3.05) is 11.9 Å². The van der Waals surface area contributed by atoms with Crippen molar-refractivity contribution in [1.82, 2.24) is 0 Å². The minimum Gasteiger partial charge on any atom is -0.454 e. The van der Waals surface area contributed by atoms with Crippen LogP contribution in [-0.4, -0.2) is 24.3 Å². The summed E-state index contributed by atoms with van der Waals surface area (Å²) in [5.41, 5.74) is 2.13. The van der Waals surface area contributed by atoms with Gasteiger partial charge in [0.1, 0.15) is 0 Å². The van der Waals surface area contributed by atoms with Crippen molar-refractivity contribution in [3.05, 3.63) is 77.4 Å². The van der Waals surface area contributed by atoms with Crippen LogP contribution in [0.3, 0.4) is 0 Å². The second kappa shape index (κ2) is 7.83. The Bertz CT molecular complexity index is 1040. The number of carbonyl (C=O) groups is 3. The molecule has 1 N–H and O–H groups in total. The summed E-state index contributed by atoms with van der Waals surface area (Å²) in [7, 11) is 0. The number of aryl methyl sites for hydroxylation is 1. The minimum atomic E-state index is -0.615. The van der Waals surface area contributed by atoms with Gasteiger partial charge in [0.25, 0.3) is 0 Å². The maximum atomic E-state index is 12.4. The molecule has 0 saturated carbocycles. The molecule has 0 unspecified atom stereocenters. The number of carbonyl (C=O) groups excluding carboxylic acids is 3. The molecule has 0 aliphatic heterocycles. The first kappa shape index (κ1) is 18.3. The molecule has 5 nitrogen and oxygen atoms in total. The van der Waals surface area contributed by atoms with Gasteiger partial charge in [0, 0.05) is 18.2 Å². The molecule has 0 aliphatic rings. The predicted molar refractivity (Wildman–Crippen MR) is 104 cm³/mol. The van der Waals surface area contributed by atoms with Crippen LogP contribution in [-0.2, 0) is 9.53 Å². The number of rotatable bonds is 5. The summed E-state index contributed by atoms with van der Waals surface area (Å²) in [6, 6.07) is 18.0. The van der Waals surface area contributed by atoms with Crippen molar-refractivity contribution < 1.29 is 19.1 Å². The van der Waals surface area contributed by atoms with E-state index < -0.39 is 5.97 Å². The van der Waals surface area contributed by atoms with E-state index in [0.717, 1.165) is 16.3 Å². The summed E-state index contributed by atoms with van der Waals surface area (Å²) >= 11 is 0. The molecular weight excluding hydrogens is 342 g/mol. The molecule has 3 rings (SSSR count). The number of hydrogen-bond donors (Lipinski definition) is 1. The lowest BCUT2D eigenvalue weighted by atomic mass is 10.0. The zero-order valence-electron chi connectivity index (χ0n) is 15.1. The quantitative estimate of drug-likeness (QED) is 0.547. The molecule has 0 radical (unpaired) electrons. The second-order valence-corrected chi connectivity index (χ2v) is 6.27. The van der Waals surface area contributed by atoms with Gasteiger partial charge in [-0.05, 0) is 41.5 Å². The van der Waals surface area contributed by atoms with Gasteiger partial charge in [0.2, 0.25) is 5.91 Å². The summed E-state index contributed by atoms with van der Waals surface area (Å²) in [4.78, 5) is 35.9. The molecule has 5 heteroatoms. The molecule has 3 aromatic carbocycles. The molecule has 0 aliphatic carbocycles. The van der Waals surface area contributed by atoms with Crippen molar-refractivity contribution in [2.45, 2.75) is 13.8 Å². The molecule has 136 valence electrons. The van der Waals surface area contributed by atoms with E-state index in [-0.39, 0.29) is 23.9 Å². The lowest BCUT2D eigenvalue weighted by Gasteiger charge is -2.09. The Hall–Kier alpha value is -3.47. The zero-order chi connectivity index (χ0) is 19.4. The highest BCUT2D eigenvalue weighted by atomic mass is 16.5. The van der Waals surface area contributed by atoms with Gasteiger partial charge in [-0.15, -0.1) is 0 Å². The van der Waals surface area contributed by atoms with Crippen LogP contribution in [0.15, 0.2) is 60.7 Å². The van der Waals surface area contributed by atoms with Crippen molar-refractivity contribution in [2.24, 2.45) is 0 Å². The summed E-state index contributed by atoms with van der Waals surface area (Å²) in [6.07, 6.45) is 0. The van der Waals surface area contributed by atoms with E-state index in [1.807, 2.05) is 37.3 Å². The highest BCUT2D eigenvalue weighted by Crippen LogP contribution is 2.19. The molecule has 0 bridgehead atoms. The molecule has 0 atom stereocenters. The first-order valence-electron chi connectivity index (χ1n) is 8.51. The van der Waals surface area contributed by atoms with Crippen LogP contribution < -0.4 is 5.32 Å². The van der Waals surface area contributed by atoms with Gasteiger partial charge in [0.15, 0.2) is 12.4 Å². The van der Waals surface area contributed by atoms with Crippen LogP contribution >= 0.6 is 0 Å². The largest absolute Gasteiger partial charge is 0.454 e. The summed E-state index contributed by atoms with van der Waals surface area (Å²) in [6.45, 7) is 2.87. The summed E-state index contributed by atoms with van der Waals surface area (Å²) in [5.74, 6) is -1.12. The van der Waals surface area contributed by atoms with E-state index in [9.17, 15) is 14.4 Å². The molecule has 0 heterocycles. The van der Waals surface area contributed by atoms with Crippen LogP contribution in [0.1, 0.15) is 33.2 Å². The number of esters is 1. The van der Waals surface area contributed by atoms with Crippen molar-refractivity contribution >= 4 is 34.1 Å². The Morgan fingerprint density at radius 3 is 2.33 bits per heavy atom. The van der Waals surface area contributed by atoms with Crippen LogP contribution in [0, 0.1) is 6.92 Å². The Labute approximate surface area is 157 Å². The third kappa shape index (κ3) is 4.39. The Kier molecular flexibility index (Phi) is 5.31. The topological polar surface area (TPSA) is 72.5 Å². The Morgan fingerprint density at radius 2 is 1.59 bits per heavy atom. The summed E-state index contributed by atoms with van der Waals surface area (Å²) in [5, 5.41) is 4.65. The van der Waals surface area contributed by atoms with Crippen molar-refractivity contribution in [3.63, 3.8) is 0 Å². The molecule has 27 heavy (non-hydrogen) atoms. The highest BCUT2D eigenvalue weighted by Gasteiger charge is 2.14. The molecule has 0 aromatic heterocycles. The zero-order valence-corrected chi connectivity index (χ0v) is 15.1. The van der Waals surface area contributed by atoms with E-state index in [1.54, 1.807) is 30.3 Å². The molecule has 0 fully saturated rings. The van der Waals surface area contributed by atoms with Gasteiger partial charge in [0.05, 0.1) is 5.56 Å². The maximum Gasteiger partial charge on any atom is 0.338 e. The van der Waals surface area contributed by atoms with Crippen molar-refractivity contribution in [3.8, 4) is 0 Å². The van der Waals surface area contributed by atoms with E-state index >= 15 is 0 Å². The fourth-order valence-corrected chi connectivity index (χ4v) is 2.73. The van der Waals surface area contributed by atoms with E-state index in [4.69, 9.17) is 4.74 Å². The standard InChI is InChI=1S/C22H19NO4/c1-14-7-8-19(12-20(14)23-15(2)24)22(26)27-13-21(25)18-10-9-16-5-3-4-6-17(16)11-18/h3-12H,13H2,1-2H3,(H,23,24). The van der Waals surface area contributed by atoms with Gasteiger partial charge in [-0.25, -0.2) is 4.79 Å². The van der Waals surface area contributed by atoms with Crippen molar-refractivity contribution in [1.29, 1.82) is 0 Å². The molecule has 0 saturated heterocycles. The normalized spacial score (nSPS) is 10.4. The number of Topliss-reactive ketones (excluding diaryl/α,β-unsaturated/α-hetero) is 1. The van der Waals surface area contributed by atoms with E-state index in [2.05, 4.69) is 5.32 Å². The first-order chi connectivity index (χ1) is 12.9. The predicted octanol–water partition coefficient (Wildman–Crippen LogP) is 4.15. The third-order valence-electron chi connectivity index (χ3n) is 4.19. The van der Waals surface area contributed by atoms with Gasteiger partial charge < -0.3 is 10.1 Å². The van der Waals surface area contributed by atoms with Crippen LogP contribution in [0.25, 0.3) is 10.8 Å². The SMILES string of the molecule is CC(=O)Nc1cc(C(=O)OCC(=O)c2ccc3ccccc3c2)ccc1C. The number of benzene rings is 3. The average molecular weight is 361 g/mol. The van der Waals surface area contributed by atoms with E-state index in [0.29, 0.717) is 11.3 Å². The number of nitrogens with one attached hydrogen (secondary N) is 1. The van der Waals surface area contributed by atoms with Crippen LogP contribution in [0.4, 0.5) is 5.69 Å². The smallest absolute Gasteiger partial charge is 0.338 e. The van der Waals surface area contributed by atoms with Gasteiger partial charge in [-0.3, -0.25) is 9.59 Å². The number of anilines is 1. The molecular formula is C22H19NO4. The fraction of sp³-hybridized carbons (Fsp3) is 0.136. The number of amides is 1. The van der Waals surface area contributed by atoms with E-state index in [1.165, 1.54) is 6.92 Å². The Balaban J connectivity index is 1.69. The monoisotopic (exact) mass is 361 g/mol. The minimum absolute atomic E-state index is 0.227. The molecule has 3 aromatic rings. The maximum absolute atomic E-state index is 12.4. The number of fused-ring (bicyclic) bond motifs is 1. The molecule has 0 spiro atoms. The second-order valence-electron chi connectivity index (χ2n) is 6.27. The average Bonchev–Trinajstić information content (AvgIpc) is 2.66. The summed E-state index contributed by atoms with van der Waals surface area (Å²) < 4.78 is 5.16. The third-order valence-corrected chi connectivity index (χ3v) is 4.19. The number of ether oxygens (including phenoxy) is 1. The van der Waals surface area contributed by atoms with Gasteiger partial charge in [-0.1, -0.05) is 42.5 Å². The molecule has 1 amide bonds. The van der Waals surface area contributed by atoms with Crippen LogP contribution in [0.2, 0.25) is 0 Å². The highest BCUT2D eigenvalue weighted by molar-refractivity contribution is 6.02. The lowest BCUT2D eigenvalue weighted by Crippen LogP contribution is -2.15. The number of hydrogen-bond acceptors (Lipinski definition) is 4. The lowest BCUT2D eigenvalue weighted by molar-refractivity contribution is -0.114. The van der Waals surface area contributed by atoms with Crippen LogP contribution in [0.5, 0.6) is 0 Å². The number of ketones is 1. The fourth-order valence-electron chi connectivity index (χ4n) is 2.73. The van der Waals surface area contributed by atoms with Gasteiger partial charge >= 0.3 is 5.97 Å².